The molecule has 138 valence electrons. The van der Waals surface area contributed by atoms with E-state index in [9.17, 15) is 4.79 Å². The molecule has 0 fully saturated rings. The Morgan fingerprint density at radius 1 is 0.739 bits per heavy atom. The monoisotopic (exact) mass is 325 g/mol. The van der Waals surface area contributed by atoms with E-state index < -0.39 is 0 Å². The molecule has 1 amide bonds. The molecular formula is C21H43NO. The van der Waals surface area contributed by atoms with Crippen molar-refractivity contribution >= 4 is 5.91 Å². The Hall–Kier alpha value is -0.530. The van der Waals surface area contributed by atoms with Gasteiger partial charge >= 0.3 is 0 Å². The fourth-order valence-electron chi connectivity index (χ4n) is 2.94. The summed E-state index contributed by atoms with van der Waals surface area (Å²) in [5.41, 5.74) is 0. The first-order chi connectivity index (χ1) is 11.2. The Balaban J connectivity index is 3.15. The Morgan fingerprint density at radius 3 is 1.87 bits per heavy atom. The van der Waals surface area contributed by atoms with Gasteiger partial charge in [0.05, 0.1) is 0 Å². The third kappa shape index (κ3) is 19.4. The first-order valence-corrected chi connectivity index (χ1v) is 10.4. The second-order valence-corrected chi connectivity index (χ2v) is 7.53. The van der Waals surface area contributed by atoms with E-state index in [-0.39, 0.29) is 5.91 Å². The number of amides is 1. The van der Waals surface area contributed by atoms with Gasteiger partial charge in [-0.2, -0.15) is 0 Å². The summed E-state index contributed by atoms with van der Waals surface area (Å²) in [6, 6.07) is 0. The van der Waals surface area contributed by atoms with Crippen LogP contribution in [0.3, 0.4) is 0 Å². The highest BCUT2D eigenvalue weighted by atomic mass is 16.1. The average Bonchev–Trinajstić information content (AvgIpc) is 2.52. The molecule has 1 N–H and O–H groups in total. The first-order valence-electron chi connectivity index (χ1n) is 10.4. The number of carbonyl (C=O) groups is 1. The minimum atomic E-state index is 0.260. The van der Waals surface area contributed by atoms with Crippen LogP contribution in [0.25, 0.3) is 0 Å². The SMILES string of the molecule is CCCCCCCCNC(=O)CCCCCCCCCC(C)C. The molecule has 0 bridgehead atoms. The molecule has 23 heavy (non-hydrogen) atoms. The minimum Gasteiger partial charge on any atom is -0.356 e. The Labute approximate surface area is 146 Å². The maximum Gasteiger partial charge on any atom is 0.219 e. The summed E-state index contributed by atoms with van der Waals surface area (Å²) >= 11 is 0. The van der Waals surface area contributed by atoms with Crippen LogP contribution in [-0.4, -0.2) is 12.5 Å². The van der Waals surface area contributed by atoms with Gasteiger partial charge in [0.1, 0.15) is 0 Å². The molecular weight excluding hydrogens is 282 g/mol. The van der Waals surface area contributed by atoms with Gasteiger partial charge in [-0.3, -0.25) is 4.79 Å². The number of rotatable bonds is 17. The molecule has 2 heteroatoms. The number of carbonyl (C=O) groups excluding carboxylic acids is 1. The number of unbranched alkanes of at least 4 members (excludes halogenated alkanes) is 11. The topological polar surface area (TPSA) is 29.1 Å². The van der Waals surface area contributed by atoms with Crippen LogP contribution < -0.4 is 5.32 Å². The van der Waals surface area contributed by atoms with Crippen LogP contribution in [0, 0.1) is 5.92 Å². The number of hydrogen-bond acceptors (Lipinski definition) is 1. The lowest BCUT2D eigenvalue weighted by atomic mass is 10.0. The summed E-state index contributed by atoms with van der Waals surface area (Å²) in [5.74, 6) is 1.11. The Kier molecular flexibility index (Phi) is 17.4. The second kappa shape index (κ2) is 17.8. The summed E-state index contributed by atoms with van der Waals surface area (Å²) in [4.78, 5) is 11.7. The van der Waals surface area contributed by atoms with Crippen molar-refractivity contribution in [2.75, 3.05) is 6.54 Å². The first kappa shape index (κ1) is 22.5. The molecule has 2 nitrogen and oxygen atoms in total. The highest BCUT2D eigenvalue weighted by Gasteiger charge is 2.00. The van der Waals surface area contributed by atoms with Crippen LogP contribution in [0.5, 0.6) is 0 Å². The van der Waals surface area contributed by atoms with Gasteiger partial charge < -0.3 is 5.32 Å². The van der Waals surface area contributed by atoms with Gasteiger partial charge in [-0.15, -0.1) is 0 Å². The fourth-order valence-corrected chi connectivity index (χ4v) is 2.94. The van der Waals surface area contributed by atoms with Gasteiger partial charge in [-0.05, 0) is 18.8 Å². The predicted molar refractivity (Wildman–Crippen MR) is 103 cm³/mol. The van der Waals surface area contributed by atoms with Crippen LogP contribution >= 0.6 is 0 Å². The van der Waals surface area contributed by atoms with E-state index in [1.807, 2.05) is 0 Å². The van der Waals surface area contributed by atoms with E-state index in [1.165, 1.54) is 77.0 Å². The zero-order chi connectivity index (χ0) is 17.2. The normalized spacial score (nSPS) is 11.1. The van der Waals surface area contributed by atoms with Crippen molar-refractivity contribution in [1.29, 1.82) is 0 Å². The lowest BCUT2D eigenvalue weighted by Crippen LogP contribution is -2.23. The van der Waals surface area contributed by atoms with Gasteiger partial charge in [-0.25, -0.2) is 0 Å². The molecule has 0 aliphatic carbocycles. The Morgan fingerprint density at radius 2 is 1.26 bits per heavy atom. The molecule has 0 aromatic rings. The van der Waals surface area contributed by atoms with Crippen LogP contribution in [0.4, 0.5) is 0 Å². The average molecular weight is 326 g/mol. The van der Waals surface area contributed by atoms with Gasteiger partial charge in [0.15, 0.2) is 0 Å². The quantitative estimate of drug-likeness (QED) is 0.299. The standard InChI is InChI=1S/C21H43NO/c1-4-5-6-7-13-16-19-22-21(23)18-15-12-10-8-9-11-14-17-20(2)3/h20H,4-19H2,1-3H3,(H,22,23). The minimum absolute atomic E-state index is 0.260. The third-order valence-corrected chi connectivity index (χ3v) is 4.54. The van der Waals surface area contributed by atoms with Crippen molar-refractivity contribution in [3.63, 3.8) is 0 Å². The molecule has 0 saturated heterocycles. The maximum absolute atomic E-state index is 11.7. The highest BCUT2D eigenvalue weighted by molar-refractivity contribution is 5.75. The second-order valence-electron chi connectivity index (χ2n) is 7.53. The molecule has 0 rings (SSSR count). The van der Waals surface area contributed by atoms with E-state index >= 15 is 0 Å². The zero-order valence-electron chi connectivity index (χ0n) is 16.3. The fraction of sp³-hybridized carbons (Fsp3) is 0.952. The van der Waals surface area contributed by atoms with Gasteiger partial charge in [0.2, 0.25) is 5.91 Å². The zero-order valence-corrected chi connectivity index (χ0v) is 16.3. The van der Waals surface area contributed by atoms with Gasteiger partial charge in [-0.1, -0.05) is 97.8 Å². The molecule has 0 heterocycles. The van der Waals surface area contributed by atoms with Crippen molar-refractivity contribution in [3.05, 3.63) is 0 Å². The highest BCUT2D eigenvalue weighted by Crippen LogP contribution is 2.12. The summed E-state index contributed by atoms with van der Waals surface area (Å²) < 4.78 is 0. The van der Waals surface area contributed by atoms with Crippen molar-refractivity contribution < 1.29 is 4.79 Å². The van der Waals surface area contributed by atoms with Crippen LogP contribution in [0.2, 0.25) is 0 Å². The van der Waals surface area contributed by atoms with E-state index in [0.29, 0.717) is 0 Å². The molecule has 0 atom stereocenters. The summed E-state index contributed by atoms with van der Waals surface area (Å²) in [5, 5.41) is 3.06. The van der Waals surface area contributed by atoms with E-state index in [0.717, 1.165) is 31.7 Å². The Bertz CT molecular complexity index is 250. The van der Waals surface area contributed by atoms with Gasteiger partial charge in [0.25, 0.3) is 0 Å². The molecule has 0 radical (unpaired) electrons. The van der Waals surface area contributed by atoms with Crippen molar-refractivity contribution in [3.8, 4) is 0 Å². The maximum atomic E-state index is 11.7. The number of nitrogens with one attached hydrogen (secondary N) is 1. The molecule has 0 saturated carbocycles. The van der Waals surface area contributed by atoms with E-state index in [2.05, 4.69) is 26.1 Å². The lowest BCUT2D eigenvalue weighted by Gasteiger charge is -2.06. The smallest absolute Gasteiger partial charge is 0.219 e. The summed E-state index contributed by atoms with van der Waals surface area (Å²) in [6.45, 7) is 7.73. The summed E-state index contributed by atoms with van der Waals surface area (Å²) in [7, 11) is 0. The summed E-state index contributed by atoms with van der Waals surface area (Å²) in [6.07, 6.45) is 18.9. The molecule has 0 aromatic heterocycles. The van der Waals surface area contributed by atoms with Crippen LogP contribution in [0.1, 0.15) is 117 Å². The molecule has 0 spiro atoms. The van der Waals surface area contributed by atoms with E-state index in [1.54, 1.807) is 0 Å². The largest absolute Gasteiger partial charge is 0.356 e. The number of hydrogen-bond donors (Lipinski definition) is 1. The molecule has 0 aliphatic rings. The molecule has 0 unspecified atom stereocenters. The van der Waals surface area contributed by atoms with Crippen molar-refractivity contribution in [2.24, 2.45) is 5.92 Å². The van der Waals surface area contributed by atoms with Gasteiger partial charge in [0, 0.05) is 13.0 Å². The van der Waals surface area contributed by atoms with Crippen molar-refractivity contribution in [1.82, 2.24) is 5.32 Å². The van der Waals surface area contributed by atoms with Crippen LogP contribution in [0.15, 0.2) is 0 Å². The third-order valence-electron chi connectivity index (χ3n) is 4.54. The van der Waals surface area contributed by atoms with Crippen LogP contribution in [-0.2, 0) is 4.79 Å². The molecule has 0 aliphatic heterocycles. The predicted octanol–water partition coefficient (Wildman–Crippen LogP) is 6.63. The molecule has 0 aromatic carbocycles. The van der Waals surface area contributed by atoms with Crippen molar-refractivity contribution in [2.45, 2.75) is 117 Å². The van der Waals surface area contributed by atoms with E-state index in [4.69, 9.17) is 0 Å². The lowest BCUT2D eigenvalue weighted by molar-refractivity contribution is -0.121.